The van der Waals surface area contributed by atoms with Crippen LogP contribution in [0.5, 0.6) is 5.75 Å². The highest BCUT2D eigenvalue weighted by Gasteiger charge is 2.34. The van der Waals surface area contributed by atoms with Crippen LogP contribution < -0.4 is 4.74 Å². The van der Waals surface area contributed by atoms with E-state index in [1.807, 2.05) is 23.1 Å². The van der Waals surface area contributed by atoms with Crippen molar-refractivity contribution in [1.82, 2.24) is 9.80 Å². The molecule has 2 saturated heterocycles. The molecule has 0 radical (unpaired) electrons. The van der Waals surface area contributed by atoms with Crippen molar-refractivity contribution in [2.45, 2.75) is 56.8 Å². The number of nitrogens with zero attached hydrogens (tertiary/aromatic N) is 2. The number of ether oxygens (including phenoxy) is 1. The Bertz CT molecular complexity index is 605. The summed E-state index contributed by atoms with van der Waals surface area (Å²) >= 11 is 0. The minimum absolute atomic E-state index is 0.121. The molecule has 0 saturated carbocycles. The number of carbonyl (C=O) groups excluding carboxylic acids is 1. The van der Waals surface area contributed by atoms with Crippen LogP contribution in [0.15, 0.2) is 24.3 Å². The third kappa shape index (κ3) is 3.67. The first-order chi connectivity index (χ1) is 12.2. The molecule has 3 aliphatic rings. The Hall–Kier alpha value is -1.59. The summed E-state index contributed by atoms with van der Waals surface area (Å²) in [6.45, 7) is 3.62. The highest BCUT2D eigenvalue weighted by atomic mass is 16.5. The van der Waals surface area contributed by atoms with Crippen molar-refractivity contribution < 1.29 is 14.6 Å². The molecule has 1 N–H and O–H groups in total. The monoisotopic (exact) mass is 344 g/mol. The van der Waals surface area contributed by atoms with Crippen LogP contribution in [-0.4, -0.2) is 65.2 Å². The SMILES string of the molecule is O=C(C1CCc2ccccc2O1)N1CCC(N2CCC(O)CC2)CC1. The third-order valence-electron chi connectivity index (χ3n) is 5.98. The van der Waals surface area contributed by atoms with Crippen molar-refractivity contribution in [3.05, 3.63) is 29.8 Å². The molecule has 136 valence electrons. The first-order valence-electron chi connectivity index (χ1n) is 9.66. The molecule has 1 aromatic carbocycles. The fraction of sp³-hybridized carbons (Fsp3) is 0.650. The number of para-hydroxylation sites is 1. The highest BCUT2D eigenvalue weighted by molar-refractivity contribution is 5.81. The smallest absolute Gasteiger partial charge is 0.263 e. The molecule has 1 unspecified atom stereocenters. The van der Waals surface area contributed by atoms with Crippen LogP contribution in [0.2, 0.25) is 0 Å². The van der Waals surface area contributed by atoms with Gasteiger partial charge in [0.05, 0.1) is 6.10 Å². The lowest BCUT2D eigenvalue weighted by molar-refractivity contribution is -0.141. The van der Waals surface area contributed by atoms with E-state index in [1.165, 1.54) is 5.56 Å². The van der Waals surface area contributed by atoms with Crippen LogP contribution >= 0.6 is 0 Å². The number of hydrogen-bond acceptors (Lipinski definition) is 4. The van der Waals surface area contributed by atoms with Crippen molar-refractivity contribution in [2.24, 2.45) is 0 Å². The second kappa shape index (κ2) is 7.34. The molecule has 5 heteroatoms. The fourth-order valence-electron chi connectivity index (χ4n) is 4.40. The molecular weight excluding hydrogens is 316 g/mol. The Balaban J connectivity index is 1.30. The number of aliphatic hydroxyl groups is 1. The standard InChI is InChI=1S/C20H28N2O3/c23-17-9-13-21(14-10-17)16-7-11-22(12-8-16)20(24)19-6-5-15-3-1-2-4-18(15)25-19/h1-4,16-17,19,23H,5-14H2. The maximum atomic E-state index is 12.8. The van der Waals surface area contributed by atoms with E-state index in [2.05, 4.69) is 11.0 Å². The summed E-state index contributed by atoms with van der Waals surface area (Å²) in [5, 5.41) is 9.66. The Morgan fingerprint density at radius 3 is 2.48 bits per heavy atom. The van der Waals surface area contributed by atoms with E-state index in [1.54, 1.807) is 0 Å². The number of carbonyl (C=O) groups is 1. The zero-order chi connectivity index (χ0) is 17.2. The summed E-state index contributed by atoms with van der Waals surface area (Å²) in [6.07, 6.45) is 5.08. The molecule has 1 amide bonds. The quantitative estimate of drug-likeness (QED) is 0.889. The summed E-state index contributed by atoms with van der Waals surface area (Å²) in [4.78, 5) is 17.3. The lowest BCUT2D eigenvalue weighted by atomic mass is 9.97. The first-order valence-corrected chi connectivity index (χ1v) is 9.66. The van der Waals surface area contributed by atoms with E-state index in [4.69, 9.17) is 4.74 Å². The number of aryl methyl sites for hydroxylation is 1. The van der Waals surface area contributed by atoms with Gasteiger partial charge in [-0.2, -0.15) is 0 Å². The van der Waals surface area contributed by atoms with E-state index in [9.17, 15) is 9.90 Å². The van der Waals surface area contributed by atoms with E-state index in [0.717, 1.165) is 70.5 Å². The molecule has 1 aromatic rings. The summed E-state index contributed by atoms with van der Waals surface area (Å²) in [5.74, 6) is 1.02. The van der Waals surface area contributed by atoms with Crippen LogP contribution in [0, 0.1) is 0 Å². The fourth-order valence-corrected chi connectivity index (χ4v) is 4.40. The predicted octanol–water partition coefficient (Wildman–Crippen LogP) is 1.83. The number of likely N-dealkylation sites (tertiary alicyclic amines) is 2. The molecule has 5 nitrogen and oxygen atoms in total. The molecule has 3 aliphatic heterocycles. The summed E-state index contributed by atoms with van der Waals surface area (Å²) < 4.78 is 5.97. The van der Waals surface area contributed by atoms with Crippen molar-refractivity contribution >= 4 is 5.91 Å². The Morgan fingerprint density at radius 2 is 1.72 bits per heavy atom. The van der Waals surface area contributed by atoms with E-state index in [-0.39, 0.29) is 18.1 Å². The van der Waals surface area contributed by atoms with E-state index < -0.39 is 0 Å². The molecule has 4 rings (SSSR count). The van der Waals surface area contributed by atoms with Crippen LogP contribution in [0.3, 0.4) is 0 Å². The van der Waals surface area contributed by atoms with Gasteiger partial charge in [-0.1, -0.05) is 18.2 Å². The third-order valence-corrected chi connectivity index (χ3v) is 5.98. The predicted molar refractivity (Wildman–Crippen MR) is 95.6 cm³/mol. The van der Waals surface area contributed by atoms with Crippen LogP contribution in [0.25, 0.3) is 0 Å². The number of hydrogen-bond donors (Lipinski definition) is 1. The van der Waals surface area contributed by atoms with Gasteiger partial charge in [0.25, 0.3) is 5.91 Å². The molecule has 0 bridgehead atoms. The number of aliphatic hydroxyl groups excluding tert-OH is 1. The lowest BCUT2D eigenvalue weighted by Gasteiger charge is -2.42. The first kappa shape index (κ1) is 16.9. The van der Waals surface area contributed by atoms with Gasteiger partial charge in [0.15, 0.2) is 6.10 Å². The van der Waals surface area contributed by atoms with Crippen molar-refractivity contribution in [2.75, 3.05) is 26.2 Å². The molecule has 0 spiro atoms. The van der Waals surface area contributed by atoms with Crippen LogP contribution in [-0.2, 0) is 11.2 Å². The number of rotatable bonds is 2. The number of amides is 1. The Kier molecular flexibility index (Phi) is 4.95. The minimum atomic E-state index is -0.323. The largest absolute Gasteiger partial charge is 0.480 e. The van der Waals surface area contributed by atoms with Gasteiger partial charge in [-0.3, -0.25) is 4.79 Å². The molecule has 1 atom stereocenters. The van der Waals surface area contributed by atoms with Crippen LogP contribution in [0.1, 0.15) is 37.7 Å². The summed E-state index contributed by atoms with van der Waals surface area (Å²) in [6, 6.07) is 8.59. The zero-order valence-corrected chi connectivity index (χ0v) is 14.8. The second-order valence-electron chi connectivity index (χ2n) is 7.58. The van der Waals surface area contributed by atoms with Gasteiger partial charge in [0.2, 0.25) is 0 Å². The molecule has 25 heavy (non-hydrogen) atoms. The highest BCUT2D eigenvalue weighted by Crippen LogP contribution is 2.29. The number of piperidine rings is 2. The average Bonchev–Trinajstić information content (AvgIpc) is 2.68. The zero-order valence-electron chi connectivity index (χ0n) is 14.8. The molecule has 3 heterocycles. The van der Waals surface area contributed by atoms with Gasteiger partial charge in [0, 0.05) is 32.2 Å². The van der Waals surface area contributed by atoms with Gasteiger partial charge in [-0.25, -0.2) is 0 Å². The van der Waals surface area contributed by atoms with Gasteiger partial charge in [-0.05, 0) is 50.2 Å². The number of benzene rings is 1. The Morgan fingerprint density at radius 1 is 1.00 bits per heavy atom. The van der Waals surface area contributed by atoms with Gasteiger partial charge in [-0.15, -0.1) is 0 Å². The van der Waals surface area contributed by atoms with Crippen molar-refractivity contribution in [3.63, 3.8) is 0 Å². The topological polar surface area (TPSA) is 53.0 Å². The average molecular weight is 344 g/mol. The Labute approximate surface area is 149 Å². The summed E-state index contributed by atoms with van der Waals surface area (Å²) in [7, 11) is 0. The summed E-state index contributed by atoms with van der Waals surface area (Å²) in [5.41, 5.74) is 1.21. The minimum Gasteiger partial charge on any atom is -0.480 e. The van der Waals surface area contributed by atoms with Gasteiger partial charge < -0.3 is 19.6 Å². The normalized spacial score (nSPS) is 26.1. The number of fused-ring (bicyclic) bond motifs is 1. The van der Waals surface area contributed by atoms with E-state index in [0.29, 0.717) is 6.04 Å². The maximum Gasteiger partial charge on any atom is 0.263 e. The molecule has 2 fully saturated rings. The van der Waals surface area contributed by atoms with Crippen molar-refractivity contribution in [1.29, 1.82) is 0 Å². The van der Waals surface area contributed by atoms with Gasteiger partial charge >= 0.3 is 0 Å². The van der Waals surface area contributed by atoms with Gasteiger partial charge in [0.1, 0.15) is 5.75 Å². The molecule has 0 aromatic heterocycles. The van der Waals surface area contributed by atoms with E-state index >= 15 is 0 Å². The lowest BCUT2D eigenvalue weighted by Crippen LogP contribution is -2.52. The maximum absolute atomic E-state index is 12.8. The molecule has 0 aliphatic carbocycles. The van der Waals surface area contributed by atoms with Crippen LogP contribution in [0.4, 0.5) is 0 Å². The molecular formula is C20H28N2O3. The van der Waals surface area contributed by atoms with Crippen molar-refractivity contribution in [3.8, 4) is 5.75 Å². The second-order valence-corrected chi connectivity index (χ2v) is 7.58.